The summed E-state index contributed by atoms with van der Waals surface area (Å²) in [6.07, 6.45) is 6.25. The van der Waals surface area contributed by atoms with Crippen LogP contribution in [-0.2, 0) is 16.1 Å². The summed E-state index contributed by atoms with van der Waals surface area (Å²) in [6, 6.07) is 10.6. The normalized spacial score (nSPS) is 25.3. The molecule has 1 unspecified atom stereocenters. The molecule has 5 heteroatoms. The van der Waals surface area contributed by atoms with Gasteiger partial charge < -0.3 is 10.2 Å². The van der Waals surface area contributed by atoms with Gasteiger partial charge in [0, 0.05) is 37.6 Å². The number of benzene rings is 1. The van der Waals surface area contributed by atoms with Gasteiger partial charge in [0.25, 0.3) is 0 Å². The number of hydrogen-bond acceptors (Lipinski definition) is 3. The lowest BCUT2D eigenvalue weighted by Crippen LogP contribution is -2.52. The predicted molar refractivity (Wildman–Crippen MR) is 110 cm³/mol. The lowest BCUT2D eigenvalue weighted by Gasteiger charge is -2.42. The highest BCUT2D eigenvalue weighted by molar-refractivity contribution is 5.85. The van der Waals surface area contributed by atoms with Gasteiger partial charge in [-0.15, -0.1) is 0 Å². The summed E-state index contributed by atoms with van der Waals surface area (Å²) in [4.78, 5) is 29.8. The van der Waals surface area contributed by atoms with Gasteiger partial charge in [-0.2, -0.15) is 0 Å². The minimum atomic E-state index is -0.0557. The molecule has 3 aliphatic rings. The Kier molecular flexibility index (Phi) is 5.72. The van der Waals surface area contributed by atoms with Gasteiger partial charge in [0.1, 0.15) is 0 Å². The fourth-order valence-corrected chi connectivity index (χ4v) is 4.70. The Labute approximate surface area is 168 Å². The maximum Gasteiger partial charge on any atom is 0.228 e. The number of carbonyl (C=O) groups is 2. The molecule has 1 N–H and O–H groups in total. The van der Waals surface area contributed by atoms with E-state index in [2.05, 4.69) is 22.0 Å². The van der Waals surface area contributed by atoms with Crippen LogP contribution in [-0.4, -0.2) is 53.8 Å². The first kappa shape index (κ1) is 19.4. The molecular weight excluding hydrogens is 350 g/mol. The summed E-state index contributed by atoms with van der Waals surface area (Å²) < 4.78 is 0. The molecule has 152 valence electrons. The molecule has 1 aromatic carbocycles. The van der Waals surface area contributed by atoms with Crippen LogP contribution in [0.1, 0.15) is 51.0 Å². The third-order valence-electron chi connectivity index (χ3n) is 6.92. The average molecular weight is 384 g/mol. The number of piperidine rings is 2. The number of amides is 2. The quantitative estimate of drug-likeness (QED) is 0.851. The minimum Gasteiger partial charge on any atom is -0.352 e. The lowest BCUT2D eigenvalue weighted by molar-refractivity contribution is -0.138. The van der Waals surface area contributed by atoms with E-state index in [1.54, 1.807) is 0 Å². The van der Waals surface area contributed by atoms with E-state index in [1.807, 2.05) is 30.3 Å². The molecule has 28 heavy (non-hydrogen) atoms. The molecule has 1 atom stereocenters. The highest BCUT2D eigenvalue weighted by Gasteiger charge is 2.47. The zero-order valence-corrected chi connectivity index (χ0v) is 17.0. The largest absolute Gasteiger partial charge is 0.352 e. The van der Waals surface area contributed by atoms with Crippen molar-refractivity contribution in [2.24, 2.45) is 11.3 Å². The monoisotopic (exact) mass is 383 g/mol. The summed E-state index contributed by atoms with van der Waals surface area (Å²) >= 11 is 0. The Morgan fingerprint density at radius 2 is 1.79 bits per heavy atom. The summed E-state index contributed by atoms with van der Waals surface area (Å²) in [7, 11) is 0. The first-order valence-electron chi connectivity index (χ1n) is 10.9. The first-order valence-corrected chi connectivity index (χ1v) is 10.9. The summed E-state index contributed by atoms with van der Waals surface area (Å²) in [5.41, 5.74) is 1.09. The Morgan fingerprint density at radius 3 is 2.46 bits per heavy atom. The molecule has 3 fully saturated rings. The Hall–Kier alpha value is -1.88. The zero-order valence-electron chi connectivity index (χ0n) is 17.0. The van der Waals surface area contributed by atoms with Crippen molar-refractivity contribution in [2.45, 2.75) is 58.0 Å². The van der Waals surface area contributed by atoms with Gasteiger partial charge >= 0.3 is 0 Å². The second kappa shape index (κ2) is 8.24. The van der Waals surface area contributed by atoms with Crippen molar-refractivity contribution in [3.8, 4) is 0 Å². The predicted octanol–water partition coefficient (Wildman–Crippen LogP) is 2.81. The molecule has 4 rings (SSSR count). The van der Waals surface area contributed by atoms with Crippen molar-refractivity contribution in [3.63, 3.8) is 0 Å². The van der Waals surface area contributed by atoms with E-state index in [9.17, 15) is 9.59 Å². The van der Waals surface area contributed by atoms with Gasteiger partial charge in [-0.25, -0.2) is 0 Å². The lowest BCUT2D eigenvalue weighted by atomic mass is 9.93. The van der Waals surface area contributed by atoms with Crippen molar-refractivity contribution in [1.82, 2.24) is 15.1 Å². The zero-order chi connectivity index (χ0) is 19.6. The van der Waals surface area contributed by atoms with Crippen molar-refractivity contribution in [1.29, 1.82) is 0 Å². The second-order valence-electron chi connectivity index (χ2n) is 9.12. The smallest absolute Gasteiger partial charge is 0.228 e. The molecule has 1 aromatic rings. The number of nitrogens with zero attached hydrogens (tertiary/aromatic N) is 2. The molecule has 1 aliphatic carbocycles. The number of likely N-dealkylation sites (tertiary alicyclic amines) is 2. The Bertz CT molecular complexity index is 693. The third kappa shape index (κ3) is 4.40. The molecule has 2 amide bonds. The first-order chi connectivity index (χ1) is 13.5. The third-order valence-corrected chi connectivity index (χ3v) is 6.92. The molecule has 0 radical (unpaired) electrons. The SMILES string of the molecule is CC1(C(=O)N2CCC(N3CCCC(C(=O)NCc4ccccc4)C3)CC2)CC1. The van der Waals surface area contributed by atoms with Crippen molar-refractivity contribution >= 4 is 11.8 Å². The van der Waals surface area contributed by atoms with Gasteiger partial charge in [0.2, 0.25) is 11.8 Å². The van der Waals surface area contributed by atoms with E-state index in [0.29, 0.717) is 18.5 Å². The van der Waals surface area contributed by atoms with Crippen LogP contribution >= 0.6 is 0 Å². The standard InChI is InChI=1S/C23H33N3O2/c1-23(11-12-23)22(28)25-14-9-20(10-15-25)26-13-5-8-19(17-26)21(27)24-16-18-6-3-2-4-7-18/h2-4,6-7,19-20H,5,8-17H2,1H3,(H,24,27). The molecule has 2 saturated heterocycles. The Balaban J connectivity index is 1.25. The van der Waals surface area contributed by atoms with E-state index in [1.165, 1.54) is 0 Å². The fourth-order valence-electron chi connectivity index (χ4n) is 4.70. The summed E-state index contributed by atoms with van der Waals surface area (Å²) in [5.74, 6) is 0.632. The maximum absolute atomic E-state index is 12.7. The van der Waals surface area contributed by atoms with Gasteiger partial charge in [-0.3, -0.25) is 14.5 Å². The van der Waals surface area contributed by atoms with Crippen molar-refractivity contribution in [2.75, 3.05) is 26.2 Å². The second-order valence-corrected chi connectivity index (χ2v) is 9.12. The van der Waals surface area contributed by atoms with Crippen LogP contribution in [0, 0.1) is 11.3 Å². The Morgan fingerprint density at radius 1 is 1.07 bits per heavy atom. The van der Waals surface area contributed by atoms with Crippen LogP contribution in [0.5, 0.6) is 0 Å². The van der Waals surface area contributed by atoms with Gasteiger partial charge in [0.05, 0.1) is 5.92 Å². The van der Waals surface area contributed by atoms with E-state index >= 15 is 0 Å². The molecule has 2 heterocycles. The van der Waals surface area contributed by atoms with Crippen LogP contribution in [0.15, 0.2) is 30.3 Å². The molecule has 0 bridgehead atoms. The highest BCUT2D eigenvalue weighted by Crippen LogP contribution is 2.46. The van der Waals surface area contributed by atoms with Crippen LogP contribution < -0.4 is 5.32 Å². The molecule has 0 spiro atoms. The number of hydrogen-bond donors (Lipinski definition) is 1. The van der Waals surface area contributed by atoms with Crippen molar-refractivity contribution < 1.29 is 9.59 Å². The van der Waals surface area contributed by atoms with Crippen LogP contribution in [0.2, 0.25) is 0 Å². The minimum absolute atomic E-state index is 0.0557. The van der Waals surface area contributed by atoms with Crippen LogP contribution in [0.3, 0.4) is 0 Å². The molecule has 1 saturated carbocycles. The number of carbonyl (C=O) groups excluding carboxylic acids is 2. The molecular formula is C23H33N3O2. The summed E-state index contributed by atoms with van der Waals surface area (Å²) in [5, 5.41) is 3.12. The molecule has 0 aromatic heterocycles. The van der Waals surface area contributed by atoms with Crippen molar-refractivity contribution in [3.05, 3.63) is 35.9 Å². The van der Waals surface area contributed by atoms with E-state index < -0.39 is 0 Å². The van der Waals surface area contributed by atoms with E-state index in [0.717, 1.165) is 70.3 Å². The maximum atomic E-state index is 12.7. The van der Waals surface area contributed by atoms with E-state index in [-0.39, 0.29) is 17.2 Å². The summed E-state index contributed by atoms with van der Waals surface area (Å²) in [6.45, 7) is 6.40. The molecule has 2 aliphatic heterocycles. The number of rotatable bonds is 5. The highest BCUT2D eigenvalue weighted by atomic mass is 16.2. The van der Waals surface area contributed by atoms with Crippen LogP contribution in [0.25, 0.3) is 0 Å². The van der Waals surface area contributed by atoms with E-state index in [4.69, 9.17) is 0 Å². The average Bonchev–Trinajstić information content (AvgIpc) is 3.51. The van der Waals surface area contributed by atoms with Gasteiger partial charge in [-0.1, -0.05) is 37.3 Å². The number of nitrogens with one attached hydrogen (secondary N) is 1. The van der Waals surface area contributed by atoms with Gasteiger partial charge in [-0.05, 0) is 50.6 Å². The topological polar surface area (TPSA) is 52.7 Å². The van der Waals surface area contributed by atoms with Gasteiger partial charge in [0.15, 0.2) is 0 Å². The fraction of sp³-hybridized carbons (Fsp3) is 0.652. The molecule has 5 nitrogen and oxygen atoms in total. The van der Waals surface area contributed by atoms with Crippen LogP contribution in [0.4, 0.5) is 0 Å².